The Morgan fingerprint density at radius 2 is 2.29 bits per heavy atom. The van der Waals surface area contributed by atoms with E-state index in [0.29, 0.717) is 22.4 Å². The summed E-state index contributed by atoms with van der Waals surface area (Å²) in [5.41, 5.74) is 1.85. The SMILES string of the molecule is O=C(O)c1nn(-c2c[n+]([O-])ccn2)c2c1CCC1CCC21. The maximum absolute atomic E-state index is 11.5. The molecule has 0 amide bonds. The molecule has 2 aromatic heterocycles. The van der Waals surface area contributed by atoms with Crippen LogP contribution in [0.4, 0.5) is 0 Å². The Kier molecular flexibility index (Phi) is 2.51. The van der Waals surface area contributed by atoms with E-state index in [0.717, 1.165) is 30.5 Å². The monoisotopic (exact) mass is 286 g/mol. The summed E-state index contributed by atoms with van der Waals surface area (Å²) in [6.07, 6.45) is 8.01. The number of aromatic carboxylic acids is 1. The van der Waals surface area contributed by atoms with Crippen LogP contribution in [-0.4, -0.2) is 25.8 Å². The highest BCUT2D eigenvalue weighted by Crippen LogP contribution is 2.50. The zero-order valence-corrected chi connectivity index (χ0v) is 11.3. The van der Waals surface area contributed by atoms with Gasteiger partial charge in [-0.2, -0.15) is 9.83 Å². The number of nitrogens with zero attached hydrogens (tertiary/aromatic N) is 4. The van der Waals surface area contributed by atoms with Crippen molar-refractivity contribution >= 4 is 5.97 Å². The van der Waals surface area contributed by atoms with Gasteiger partial charge in [-0.3, -0.25) is 0 Å². The number of carboxylic acid groups (broad SMARTS) is 1. The van der Waals surface area contributed by atoms with Crippen molar-refractivity contribution in [2.45, 2.75) is 31.6 Å². The Hall–Kier alpha value is -2.44. The van der Waals surface area contributed by atoms with Gasteiger partial charge in [0.1, 0.15) is 0 Å². The largest absolute Gasteiger partial charge is 0.619 e. The zero-order valence-electron chi connectivity index (χ0n) is 11.3. The molecule has 0 radical (unpaired) electrons. The normalized spacial score (nSPS) is 23.0. The summed E-state index contributed by atoms with van der Waals surface area (Å²) >= 11 is 0. The number of rotatable bonds is 2. The van der Waals surface area contributed by atoms with Gasteiger partial charge in [-0.05, 0) is 31.6 Å². The molecule has 0 spiro atoms. The number of carbonyl (C=O) groups is 1. The molecular weight excluding hydrogens is 272 g/mol. The fourth-order valence-corrected chi connectivity index (χ4v) is 3.52. The van der Waals surface area contributed by atoms with E-state index in [4.69, 9.17) is 0 Å². The third-order valence-corrected chi connectivity index (χ3v) is 4.64. The quantitative estimate of drug-likeness (QED) is 0.657. The fraction of sp³-hybridized carbons (Fsp3) is 0.429. The number of hydrogen-bond donors (Lipinski definition) is 1. The summed E-state index contributed by atoms with van der Waals surface area (Å²) in [7, 11) is 0. The van der Waals surface area contributed by atoms with Gasteiger partial charge in [0.05, 0.1) is 11.9 Å². The van der Waals surface area contributed by atoms with Crippen molar-refractivity contribution in [1.82, 2.24) is 14.8 Å². The van der Waals surface area contributed by atoms with Crippen LogP contribution in [0.2, 0.25) is 0 Å². The smallest absolute Gasteiger partial charge is 0.356 e. The highest BCUT2D eigenvalue weighted by Gasteiger charge is 2.42. The third-order valence-electron chi connectivity index (χ3n) is 4.64. The van der Waals surface area contributed by atoms with Gasteiger partial charge in [0.2, 0.25) is 12.0 Å². The molecule has 4 rings (SSSR count). The molecule has 108 valence electrons. The van der Waals surface area contributed by atoms with Crippen LogP contribution < -0.4 is 4.73 Å². The summed E-state index contributed by atoms with van der Waals surface area (Å²) < 4.78 is 2.21. The Labute approximate surface area is 120 Å². The second-order valence-electron chi connectivity index (χ2n) is 5.69. The van der Waals surface area contributed by atoms with Gasteiger partial charge in [-0.15, -0.1) is 0 Å². The maximum atomic E-state index is 11.5. The predicted molar refractivity (Wildman–Crippen MR) is 71.1 cm³/mol. The molecule has 1 saturated carbocycles. The van der Waals surface area contributed by atoms with Crippen LogP contribution in [0.3, 0.4) is 0 Å². The molecule has 2 aromatic rings. The van der Waals surface area contributed by atoms with Crippen molar-refractivity contribution in [1.29, 1.82) is 0 Å². The van der Waals surface area contributed by atoms with Crippen LogP contribution in [0.1, 0.15) is 46.9 Å². The van der Waals surface area contributed by atoms with Crippen LogP contribution in [0.25, 0.3) is 5.82 Å². The molecule has 0 aliphatic heterocycles. The topological polar surface area (TPSA) is 95.0 Å². The van der Waals surface area contributed by atoms with Crippen LogP contribution in [0, 0.1) is 11.1 Å². The lowest BCUT2D eigenvalue weighted by Crippen LogP contribution is -2.32. The molecule has 2 atom stereocenters. The molecule has 7 nitrogen and oxygen atoms in total. The molecule has 0 bridgehead atoms. The van der Waals surface area contributed by atoms with E-state index in [1.54, 1.807) is 4.68 Å². The van der Waals surface area contributed by atoms with Crippen LogP contribution in [-0.2, 0) is 6.42 Å². The molecule has 1 fully saturated rings. The first-order valence-electron chi connectivity index (χ1n) is 7.05. The van der Waals surface area contributed by atoms with Crippen LogP contribution in [0.5, 0.6) is 0 Å². The molecule has 7 heteroatoms. The molecule has 2 aliphatic carbocycles. The minimum atomic E-state index is -1.02. The van der Waals surface area contributed by atoms with Crippen LogP contribution in [0.15, 0.2) is 18.6 Å². The molecule has 0 saturated heterocycles. The first-order chi connectivity index (χ1) is 10.1. The highest BCUT2D eigenvalue weighted by molar-refractivity contribution is 5.87. The Morgan fingerprint density at radius 3 is 2.95 bits per heavy atom. The molecular formula is C14H14N4O3. The van der Waals surface area contributed by atoms with Crippen molar-refractivity contribution in [3.05, 3.63) is 40.7 Å². The van der Waals surface area contributed by atoms with Crippen LogP contribution >= 0.6 is 0 Å². The summed E-state index contributed by atoms with van der Waals surface area (Å²) in [5.74, 6) is 0.312. The molecule has 0 aromatic carbocycles. The number of fused-ring (bicyclic) bond motifs is 3. The molecule has 21 heavy (non-hydrogen) atoms. The van der Waals surface area contributed by atoms with E-state index in [1.165, 1.54) is 25.0 Å². The van der Waals surface area contributed by atoms with E-state index in [-0.39, 0.29) is 5.69 Å². The lowest BCUT2D eigenvalue weighted by Gasteiger charge is -2.40. The summed E-state index contributed by atoms with van der Waals surface area (Å²) in [4.78, 5) is 15.6. The lowest BCUT2D eigenvalue weighted by atomic mass is 9.65. The number of hydrogen-bond acceptors (Lipinski definition) is 4. The van der Waals surface area contributed by atoms with Crippen molar-refractivity contribution in [2.24, 2.45) is 5.92 Å². The Morgan fingerprint density at radius 1 is 1.43 bits per heavy atom. The van der Waals surface area contributed by atoms with Crippen molar-refractivity contribution in [2.75, 3.05) is 0 Å². The molecule has 2 aliphatic rings. The van der Waals surface area contributed by atoms with Gasteiger partial charge in [0, 0.05) is 11.5 Å². The average molecular weight is 286 g/mol. The fourth-order valence-electron chi connectivity index (χ4n) is 3.52. The third kappa shape index (κ3) is 1.73. The summed E-state index contributed by atoms with van der Waals surface area (Å²) in [6, 6.07) is 0. The first kappa shape index (κ1) is 12.3. The van der Waals surface area contributed by atoms with Gasteiger partial charge in [-0.1, -0.05) is 0 Å². The summed E-state index contributed by atoms with van der Waals surface area (Å²) in [6.45, 7) is 0. The van der Waals surface area contributed by atoms with Gasteiger partial charge in [-0.25, -0.2) is 14.5 Å². The highest BCUT2D eigenvalue weighted by atomic mass is 16.5. The lowest BCUT2D eigenvalue weighted by molar-refractivity contribution is -0.605. The van der Waals surface area contributed by atoms with Crippen molar-refractivity contribution in [3.8, 4) is 5.82 Å². The van der Waals surface area contributed by atoms with Gasteiger partial charge >= 0.3 is 5.97 Å². The first-order valence-corrected chi connectivity index (χ1v) is 7.05. The van der Waals surface area contributed by atoms with E-state index >= 15 is 0 Å². The van der Waals surface area contributed by atoms with E-state index in [2.05, 4.69) is 10.1 Å². The maximum Gasteiger partial charge on any atom is 0.356 e. The van der Waals surface area contributed by atoms with Crippen molar-refractivity contribution in [3.63, 3.8) is 0 Å². The van der Waals surface area contributed by atoms with Gasteiger partial charge < -0.3 is 10.3 Å². The van der Waals surface area contributed by atoms with Gasteiger partial charge in [0.15, 0.2) is 11.9 Å². The van der Waals surface area contributed by atoms with Gasteiger partial charge in [0.25, 0.3) is 0 Å². The second-order valence-corrected chi connectivity index (χ2v) is 5.69. The second kappa shape index (κ2) is 4.28. The molecule has 1 N–H and O–H groups in total. The zero-order chi connectivity index (χ0) is 14.6. The van der Waals surface area contributed by atoms with E-state index in [9.17, 15) is 15.1 Å². The van der Waals surface area contributed by atoms with Crippen molar-refractivity contribution < 1.29 is 14.6 Å². The standard InChI is InChI=1S/C14H14N4O3/c19-14(20)12-10-4-2-8-1-3-9(8)13(10)18(16-12)11-7-17(21)6-5-15-11/h5-9H,1-4H2,(H,19,20). The molecule has 2 unspecified atom stereocenters. The number of carboxylic acids is 1. The number of aromatic nitrogens is 4. The average Bonchev–Trinajstić information content (AvgIpc) is 2.78. The molecule has 2 heterocycles. The van der Waals surface area contributed by atoms with E-state index in [1.807, 2.05) is 0 Å². The Balaban J connectivity index is 1.93. The van der Waals surface area contributed by atoms with E-state index < -0.39 is 5.97 Å². The Bertz CT molecular complexity index is 740. The predicted octanol–water partition coefficient (Wildman–Crippen LogP) is 1.04. The minimum absolute atomic E-state index is 0.0958. The minimum Gasteiger partial charge on any atom is -0.619 e. The summed E-state index contributed by atoms with van der Waals surface area (Å²) in [5, 5.41) is 25.0.